The van der Waals surface area contributed by atoms with Crippen LogP contribution in [0.25, 0.3) is 0 Å². The van der Waals surface area contributed by atoms with Gasteiger partial charge in [-0.2, -0.15) is 0 Å². The zero-order valence-corrected chi connectivity index (χ0v) is 8.86. The zero-order chi connectivity index (χ0) is 11.6. The van der Waals surface area contributed by atoms with Crippen molar-refractivity contribution in [2.24, 2.45) is 5.14 Å². The third-order valence-corrected chi connectivity index (χ3v) is 3.01. The molecule has 0 aromatic heterocycles. The summed E-state index contributed by atoms with van der Waals surface area (Å²) in [5.41, 5.74) is 0.537. The van der Waals surface area contributed by atoms with Crippen molar-refractivity contribution < 1.29 is 18.3 Å². The molecule has 0 aliphatic carbocycles. The van der Waals surface area contributed by atoms with Crippen LogP contribution in [0.4, 0.5) is 0 Å². The molecule has 0 heterocycles. The summed E-state index contributed by atoms with van der Waals surface area (Å²) in [4.78, 5) is 10.6. The zero-order valence-electron chi connectivity index (χ0n) is 8.04. The molecule has 0 radical (unpaired) electrons. The van der Waals surface area contributed by atoms with Crippen LogP contribution in [0.5, 0.6) is 0 Å². The second kappa shape index (κ2) is 4.00. The SMILES string of the molecule is C[C@H](C(=O)O)c1ccc(S(N)(=O)=O)cc1. The molecule has 0 bridgehead atoms. The van der Waals surface area contributed by atoms with Gasteiger partial charge >= 0.3 is 5.97 Å². The lowest BCUT2D eigenvalue weighted by atomic mass is 10.0. The van der Waals surface area contributed by atoms with E-state index in [1.54, 1.807) is 0 Å². The summed E-state index contributed by atoms with van der Waals surface area (Å²) in [5.74, 6) is -1.63. The minimum Gasteiger partial charge on any atom is -0.481 e. The van der Waals surface area contributed by atoms with Gasteiger partial charge in [-0.1, -0.05) is 12.1 Å². The van der Waals surface area contributed by atoms with Crippen LogP contribution in [0.2, 0.25) is 0 Å². The summed E-state index contributed by atoms with van der Waals surface area (Å²) in [6.45, 7) is 1.52. The highest BCUT2D eigenvalue weighted by Crippen LogP contribution is 2.17. The quantitative estimate of drug-likeness (QED) is 0.789. The first-order valence-electron chi connectivity index (χ1n) is 4.18. The maximum absolute atomic E-state index is 10.9. The van der Waals surface area contributed by atoms with Crippen molar-refractivity contribution >= 4 is 16.0 Å². The van der Waals surface area contributed by atoms with Gasteiger partial charge in [0.25, 0.3) is 0 Å². The monoisotopic (exact) mass is 229 g/mol. The highest BCUT2D eigenvalue weighted by molar-refractivity contribution is 7.89. The number of hydrogen-bond acceptors (Lipinski definition) is 3. The van der Waals surface area contributed by atoms with E-state index >= 15 is 0 Å². The van der Waals surface area contributed by atoms with Gasteiger partial charge in [0.05, 0.1) is 10.8 Å². The largest absolute Gasteiger partial charge is 0.481 e. The van der Waals surface area contributed by atoms with Gasteiger partial charge in [0, 0.05) is 0 Å². The summed E-state index contributed by atoms with van der Waals surface area (Å²) >= 11 is 0. The molecule has 15 heavy (non-hydrogen) atoms. The predicted octanol–water partition coefficient (Wildman–Crippen LogP) is 0.522. The van der Waals surface area contributed by atoms with E-state index in [2.05, 4.69) is 0 Å². The Morgan fingerprint density at radius 2 is 1.80 bits per heavy atom. The Hall–Kier alpha value is -1.40. The molecule has 3 N–H and O–H groups in total. The first-order valence-corrected chi connectivity index (χ1v) is 5.72. The maximum atomic E-state index is 10.9. The average molecular weight is 229 g/mol. The highest BCUT2D eigenvalue weighted by Gasteiger charge is 2.14. The summed E-state index contributed by atoms with van der Waals surface area (Å²) in [5, 5.41) is 13.6. The van der Waals surface area contributed by atoms with E-state index in [4.69, 9.17) is 10.2 Å². The van der Waals surface area contributed by atoms with Crippen LogP contribution in [0.15, 0.2) is 29.2 Å². The minimum absolute atomic E-state index is 0.0242. The Morgan fingerprint density at radius 1 is 1.33 bits per heavy atom. The summed E-state index contributed by atoms with van der Waals surface area (Å²) < 4.78 is 21.8. The van der Waals surface area contributed by atoms with E-state index in [1.165, 1.54) is 31.2 Å². The van der Waals surface area contributed by atoms with Crippen LogP contribution < -0.4 is 5.14 Å². The third-order valence-electron chi connectivity index (χ3n) is 2.08. The lowest BCUT2D eigenvalue weighted by Crippen LogP contribution is -2.12. The van der Waals surface area contributed by atoms with Crippen LogP contribution >= 0.6 is 0 Å². The Bertz CT molecular complexity index is 463. The standard InChI is InChI=1S/C9H11NO4S/c1-6(9(11)12)7-2-4-8(5-3-7)15(10,13)14/h2-6H,1H3,(H,11,12)(H2,10,13,14)/t6-/m0/s1. The number of nitrogens with two attached hydrogens (primary N) is 1. The summed E-state index contributed by atoms with van der Waals surface area (Å²) in [6.07, 6.45) is 0. The number of rotatable bonds is 3. The van der Waals surface area contributed by atoms with E-state index in [-0.39, 0.29) is 4.90 Å². The van der Waals surface area contributed by atoms with Crippen LogP contribution in [0.3, 0.4) is 0 Å². The molecule has 0 saturated carbocycles. The molecule has 1 aromatic carbocycles. The molecule has 5 nitrogen and oxygen atoms in total. The van der Waals surface area contributed by atoms with Crippen LogP contribution in [-0.2, 0) is 14.8 Å². The second-order valence-corrected chi connectivity index (χ2v) is 4.74. The van der Waals surface area contributed by atoms with Gasteiger partial charge in [-0.25, -0.2) is 13.6 Å². The molecule has 6 heteroatoms. The lowest BCUT2D eigenvalue weighted by molar-refractivity contribution is -0.138. The van der Waals surface area contributed by atoms with Crippen LogP contribution in [-0.4, -0.2) is 19.5 Å². The number of carboxylic acids is 1. The predicted molar refractivity (Wildman–Crippen MR) is 53.9 cm³/mol. The Morgan fingerprint density at radius 3 is 2.13 bits per heavy atom. The topological polar surface area (TPSA) is 97.5 Å². The van der Waals surface area contributed by atoms with Gasteiger partial charge in [-0.3, -0.25) is 4.79 Å². The molecular weight excluding hydrogens is 218 g/mol. The fourth-order valence-electron chi connectivity index (χ4n) is 1.09. The fourth-order valence-corrected chi connectivity index (χ4v) is 1.60. The fraction of sp³-hybridized carbons (Fsp3) is 0.222. The first kappa shape index (κ1) is 11.7. The molecule has 0 aliphatic rings. The van der Waals surface area contributed by atoms with Crippen molar-refractivity contribution in [2.45, 2.75) is 17.7 Å². The first-order chi connectivity index (χ1) is 6.82. The number of sulfonamides is 1. The molecular formula is C9H11NO4S. The molecule has 0 amide bonds. The normalized spacial score (nSPS) is 13.5. The number of hydrogen-bond donors (Lipinski definition) is 2. The van der Waals surface area contributed by atoms with E-state index in [1.807, 2.05) is 0 Å². The van der Waals surface area contributed by atoms with E-state index in [0.29, 0.717) is 5.56 Å². The molecule has 1 atom stereocenters. The molecule has 0 aliphatic heterocycles. The average Bonchev–Trinajstić information content (AvgIpc) is 2.15. The Kier molecular flexibility index (Phi) is 3.11. The van der Waals surface area contributed by atoms with Gasteiger partial charge < -0.3 is 5.11 Å². The molecule has 1 rings (SSSR count). The molecule has 0 spiro atoms. The van der Waals surface area contributed by atoms with Crippen molar-refractivity contribution in [2.75, 3.05) is 0 Å². The third kappa shape index (κ3) is 2.77. The van der Waals surface area contributed by atoms with Crippen molar-refractivity contribution in [1.82, 2.24) is 0 Å². The number of primary sulfonamides is 1. The summed E-state index contributed by atoms with van der Waals surface area (Å²) in [7, 11) is -3.71. The molecule has 1 aromatic rings. The Labute approximate surface area is 87.6 Å². The smallest absolute Gasteiger partial charge is 0.310 e. The van der Waals surface area contributed by atoms with Crippen LogP contribution in [0.1, 0.15) is 18.4 Å². The van der Waals surface area contributed by atoms with E-state index in [9.17, 15) is 13.2 Å². The molecule has 82 valence electrons. The number of carboxylic acid groups (broad SMARTS) is 1. The van der Waals surface area contributed by atoms with Crippen molar-refractivity contribution in [3.05, 3.63) is 29.8 Å². The lowest BCUT2D eigenvalue weighted by Gasteiger charge is -2.06. The van der Waals surface area contributed by atoms with Gasteiger partial charge in [0.15, 0.2) is 0 Å². The van der Waals surface area contributed by atoms with Crippen molar-refractivity contribution in [3.8, 4) is 0 Å². The molecule has 0 unspecified atom stereocenters. The van der Waals surface area contributed by atoms with E-state index in [0.717, 1.165) is 0 Å². The Balaban J connectivity index is 3.06. The number of benzene rings is 1. The van der Waals surface area contributed by atoms with Gasteiger partial charge in [-0.15, -0.1) is 0 Å². The van der Waals surface area contributed by atoms with Gasteiger partial charge in [0.1, 0.15) is 0 Å². The number of carbonyl (C=O) groups is 1. The van der Waals surface area contributed by atoms with Gasteiger partial charge in [-0.05, 0) is 24.6 Å². The number of aliphatic carboxylic acids is 1. The molecule has 0 fully saturated rings. The minimum atomic E-state index is -3.71. The van der Waals surface area contributed by atoms with Crippen LogP contribution in [0, 0.1) is 0 Å². The maximum Gasteiger partial charge on any atom is 0.310 e. The van der Waals surface area contributed by atoms with Gasteiger partial charge in [0.2, 0.25) is 10.0 Å². The second-order valence-electron chi connectivity index (χ2n) is 3.17. The summed E-state index contributed by atoms with van der Waals surface area (Å²) in [6, 6.07) is 5.48. The highest BCUT2D eigenvalue weighted by atomic mass is 32.2. The van der Waals surface area contributed by atoms with Crippen molar-refractivity contribution in [1.29, 1.82) is 0 Å². The van der Waals surface area contributed by atoms with Crippen molar-refractivity contribution in [3.63, 3.8) is 0 Å². The molecule has 0 saturated heterocycles. The van der Waals surface area contributed by atoms with E-state index < -0.39 is 21.9 Å².